The molecule has 1 aromatic carbocycles. The second kappa shape index (κ2) is 10.5. The molecule has 0 N–H and O–H groups in total. The van der Waals surface area contributed by atoms with Crippen molar-refractivity contribution in [1.29, 1.82) is 0 Å². The van der Waals surface area contributed by atoms with Crippen LogP contribution in [-0.4, -0.2) is 8.07 Å². The summed E-state index contributed by atoms with van der Waals surface area (Å²) in [5, 5.41) is 1.49. The van der Waals surface area contributed by atoms with Crippen LogP contribution in [0.4, 0.5) is 0 Å². The Hall–Kier alpha value is 0.501. The summed E-state index contributed by atoms with van der Waals surface area (Å²) < 4.78 is 0. The van der Waals surface area contributed by atoms with Crippen LogP contribution < -0.4 is 37.2 Å². The van der Waals surface area contributed by atoms with Crippen molar-refractivity contribution in [1.82, 2.24) is 0 Å². The summed E-state index contributed by atoms with van der Waals surface area (Å²) in [5.74, 6) is 0. The molecule has 5 heteroatoms. The molecular formula is C18H25Cl3SiTi. The smallest absolute Gasteiger partial charge is 1.00 e. The Morgan fingerprint density at radius 1 is 0.957 bits per heavy atom. The number of rotatable bonds is 3. The monoisotopic (exact) mass is 422 g/mol. The van der Waals surface area contributed by atoms with Gasteiger partial charge in [-0.15, -0.1) is 0 Å². The Kier molecular flexibility index (Phi) is 12.9. The van der Waals surface area contributed by atoms with Crippen LogP contribution in [0, 0.1) is 13.0 Å². The van der Waals surface area contributed by atoms with Gasteiger partial charge in [0.05, 0.1) is 0 Å². The van der Waals surface area contributed by atoms with Crippen molar-refractivity contribution in [3.05, 3.63) is 58.3 Å². The Morgan fingerprint density at radius 2 is 1.43 bits per heavy atom. The molecule has 1 aliphatic rings. The van der Waals surface area contributed by atoms with E-state index >= 15 is 0 Å². The normalized spacial score (nSPS) is 13.5. The Bertz CT molecular complexity index is 540. The zero-order valence-corrected chi connectivity index (χ0v) is 19.6. The zero-order chi connectivity index (χ0) is 14.3. The van der Waals surface area contributed by atoms with Crippen LogP contribution in [0.15, 0.2) is 41.1 Å². The van der Waals surface area contributed by atoms with E-state index in [-0.39, 0.29) is 64.4 Å². The number of hydrogen-bond acceptors (Lipinski definition) is 0. The van der Waals surface area contributed by atoms with Crippen LogP contribution in [0.3, 0.4) is 0 Å². The molecule has 0 aromatic heterocycles. The van der Waals surface area contributed by atoms with E-state index in [1.807, 2.05) is 0 Å². The maximum atomic E-state index is 3.72. The van der Waals surface area contributed by atoms with Crippen molar-refractivity contribution in [2.75, 3.05) is 0 Å². The molecule has 0 amide bonds. The summed E-state index contributed by atoms with van der Waals surface area (Å²) in [5.41, 5.74) is 4.25. The average molecular weight is 424 g/mol. The first-order valence-corrected chi connectivity index (χ1v) is 10.6. The minimum atomic E-state index is -1.23. The molecule has 1 aromatic rings. The largest absolute Gasteiger partial charge is 4.00 e. The van der Waals surface area contributed by atoms with Gasteiger partial charge < -0.3 is 37.2 Å². The third-order valence-corrected chi connectivity index (χ3v) is 6.08. The topological polar surface area (TPSA) is 0 Å². The number of allylic oxidation sites excluding steroid dienone is 4. The van der Waals surface area contributed by atoms with E-state index in [9.17, 15) is 0 Å². The van der Waals surface area contributed by atoms with Gasteiger partial charge in [0, 0.05) is 8.07 Å². The molecule has 0 saturated carbocycles. The van der Waals surface area contributed by atoms with Gasteiger partial charge in [-0.2, -0.15) is 5.57 Å². The summed E-state index contributed by atoms with van der Waals surface area (Å²) in [6, 6.07) is 8.94. The van der Waals surface area contributed by atoms with Crippen LogP contribution in [0.1, 0.15) is 31.4 Å². The fraction of sp³-hybridized carbons (Fsp3) is 0.444. The maximum absolute atomic E-state index is 3.72. The van der Waals surface area contributed by atoms with Gasteiger partial charge in [-0.05, 0) is 17.9 Å². The molecule has 0 bridgehead atoms. The second-order valence-corrected chi connectivity index (χ2v) is 12.2. The molecule has 126 valence electrons. The minimum Gasteiger partial charge on any atom is -1.00 e. The first-order valence-electron chi connectivity index (χ1n) is 7.12. The molecule has 0 saturated heterocycles. The average Bonchev–Trinajstić information content (AvgIpc) is 2.79. The van der Waals surface area contributed by atoms with Crippen LogP contribution in [0.25, 0.3) is 0 Å². The fourth-order valence-corrected chi connectivity index (χ4v) is 3.76. The third kappa shape index (κ3) is 6.72. The maximum Gasteiger partial charge on any atom is 4.00 e. The standard InChI is InChI=1S/C18H25Si.3ClH.Ti/c1-14-7-9-15(10-8-14)18(2,3)16-11-12-17(13-16)19(4,5)6;;;;/h7-10,12H,11H2,1-6H3;3*1H;/q-1;;;;+4/p-3. The number of halogens is 3. The van der Waals surface area contributed by atoms with Crippen LogP contribution in [0.2, 0.25) is 19.6 Å². The molecule has 0 spiro atoms. The molecule has 23 heavy (non-hydrogen) atoms. The van der Waals surface area contributed by atoms with Crippen molar-refractivity contribution < 1.29 is 58.9 Å². The van der Waals surface area contributed by atoms with Gasteiger partial charge in [0.2, 0.25) is 0 Å². The molecule has 0 atom stereocenters. The number of aryl methyl sites for hydroxylation is 1. The van der Waals surface area contributed by atoms with Crippen LogP contribution in [-0.2, 0) is 27.1 Å². The van der Waals surface area contributed by atoms with E-state index in [4.69, 9.17) is 0 Å². The summed E-state index contributed by atoms with van der Waals surface area (Å²) in [6.45, 7) is 14.0. The number of benzene rings is 1. The van der Waals surface area contributed by atoms with E-state index in [0.29, 0.717) is 0 Å². The van der Waals surface area contributed by atoms with E-state index in [1.54, 1.807) is 0 Å². The van der Waals surface area contributed by atoms with Crippen LogP contribution in [0.5, 0.6) is 0 Å². The molecule has 1 aliphatic carbocycles. The Morgan fingerprint density at radius 3 is 1.83 bits per heavy atom. The van der Waals surface area contributed by atoms with Gasteiger partial charge in [0.1, 0.15) is 0 Å². The SMILES string of the molecule is Cc1ccc(C(C)(C)C2=[C-]C([Si](C)(C)C)=CC2)cc1.[Cl-].[Cl-].[Cl-].[Ti+4]. The summed E-state index contributed by atoms with van der Waals surface area (Å²) in [7, 11) is -1.23. The fourth-order valence-electron chi connectivity index (χ4n) is 2.52. The third-order valence-electron chi connectivity index (χ3n) is 4.13. The predicted octanol–water partition coefficient (Wildman–Crippen LogP) is -3.78. The van der Waals surface area contributed by atoms with Crippen molar-refractivity contribution in [2.45, 2.75) is 52.2 Å². The van der Waals surface area contributed by atoms with Crippen LogP contribution >= 0.6 is 0 Å². The van der Waals surface area contributed by atoms with E-state index in [0.717, 1.165) is 6.42 Å². The predicted molar refractivity (Wildman–Crippen MR) is 87.0 cm³/mol. The van der Waals surface area contributed by atoms with Gasteiger partial charge in [-0.3, -0.25) is 6.08 Å². The summed E-state index contributed by atoms with van der Waals surface area (Å²) in [6.07, 6.45) is 7.19. The first-order chi connectivity index (χ1) is 8.71. The first kappa shape index (κ1) is 28.3. The zero-order valence-electron chi connectivity index (χ0n) is 14.7. The number of hydrogen-bond donors (Lipinski definition) is 0. The minimum absolute atomic E-state index is 0. The molecule has 0 fully saturated rings. The van der Waals surface area contributed by atoms with Crippen molar-refractivity contribution >= 4 is 8.07 Å². The summed E-state index contributed by atoms with van der Waals surface area (Å²) in [4.78, 5) is 0. The van der Waals surface area contributed by atoms with Gasteiger partial charge in [0.25, 0.3) is 0 Å². The van der Waals surface area contributed by atoms with Gasteiger partial charge in [-0.25, -0.2) is 11.3 Å². The molecule has 0 aliphatic heterocycles. The van der Waals surface area contributed by atoms with Crippen molar-refractivity contribution in [3.63, 3.8) is 0 Å². The van der Waals surface area contributed by atoms with Gasteiger partial charge in [0.15, 0.2) is 0 Å². The molecule has 0 heterocycles. The molecular weight excluding hydrogens is 399 g/mol. The molecule has 0 nitrogen and oxygen atoms in total. The van der Waals surface area contributed by atoms with Gasteiger partial charge in [-0.1, -0.05) is 69.7 Å². The summed E-state index contributed by atoms with van der Waals surface area (Å²) >= 11 is 0. The van der Waals surface area contributed by atoms with E-state index < -0.39 is 8.07 Å². The molecule has 0 radical (unpaired) electrons. The Balaban J connectivity index is -0.000001000. The Labute approximate surface area is 176 Å². The van der Waals surface area contributed by atoms with Crippen molar-refractivity contribution in [3.8, 4) is 0 Å². The quantitative estimate of drug-likeness (QED) is 0.346. The van der Waals surface area contributed by atoms with E-state index in [1.165, 1.54) is 21.9 Å². The van der Waals surface area contributed by atoms with E-state index in [2.05, 4.69) is 76.8 Å². The van der Waals surface area contributed by atoms with Gasteiger partial charge >= 0.3 is 21.7 Å². The van der Waals surface area contributed by atoms with Crippen molar-refractivity contribution in [2.24, 2.45) is 0 Å². The molecule has 2 rings (SSSR count). The second-order valence-electron chi connectivity index (χ2n) is 7.17. The molecule has 0 unspecified atom stereocenters.